The van der Waals surface area contributed by atoms with Gasteiger partial charge in [0.25, 0.3) is 5.91 Å². The molecule has 0 bridgehead atoms. The van der Waals surface area contributed by atoms with Crippen molar-refractivity contribution in [3.8, 4) is 6.07 Å². The number of halogens is 1. The largest absolute Gasteiger partial charge is 0.387 e. The normalized spacial score (nSPS) is 9.65. The summed E-state index contributed by atoms with van der Waals surface area (Å²) in [7, 11) is 1.77. The number of pyridine rings is 1. The van der Waals surface area contributed by atoms with E-state index < -0.39 is 0 Å². The molecular formula is C14H11ClN4O. The lowest BCUT2D eigenvalue weighted by atomic mass is 10.2. The Kier molecular flexibility index (Phi) is 4.18. The van der Waals surface area contributed by atoms with E-state index in [2.05, 4.69) is 15.6 Å². The van der Waals surface area contributed by atoms with Crippen LogP contribution >= 0.6 is 11.6 Å². The number of nitrogens with one attached hydrogen (secondary N) is 2. The molecule has 0 atom stereocenters. The molecule has 1 amide bonds. The van der Waals surface area contributed by atoms with Crippen LogP contribution in [-0.4, -0.2) is 17.9 Å². The molecule has 0 aliphatic carbocycles. The third-order valence-electron chi connectivity index (χ3n) is 2.63. The molecule has 0 aliphatic rings. The summed E-state index contributed by atoms with van der Waals surface area (Å²) in [5.41, 5.74) is 1.88. The number of nitriles is 1. The van der Waals surface area contributed by atoms with Crippen LogP contribution in [0.4, 0.5) is 11.4 Å². The number of nitrogens with zero attached hydrogens (tertiary/aromatic N) is 2. The van der Waals surface area contributed by atoms with Gasteiger partial charge in [-0.2, -0.15) is 5.26 Å². The summed E-state index contributed by atoms with van der Waals surface area (Å²) in [5, 5.41) is 14.8. The number of carbonyl (C=O) groups is 1. The van der Waals surface area contributed by atoms with E-state index in [0.29, 0.717) is 16.3 Å². The molecule has 0 saturated carbocycles. The lowest BCUT2D eigenvalue weighted by Crippen LogP contribution is -2.14. The minimum Gasteiger partial charge on any atom is -0.387 e. The first kappa shape index (κ1) is 13.8. The lowest BCUT2D eigenvalue weighted by Gasteiger charge is -2.07. The SMILES string of the molecule is CNc1ccc(C(=O)Nc2cc(C#N)ccc2Cl)nc1. The van der Waals surface area contributed by atoms with E-state index in [4.69, 9.17) is 16.9 Å². The van der Waals surface area contributed by atoms with Crippen LogP contribution in [0.5, 0.6) is 0 Å². The average molecular weight is 287 g/mol. The van der Waals surface area contributed by atoms with Crippen molar-refractivity contribution in [3.63, 3.8) is 0 Å². The maximum Gasteiger partial charge on any atom is 0.274 e. The zero-order valence-corrected chi connectivity index (χ0v) is 11.4. The highest BCUT2D eigenvalue weighted by Crippen LogP contribution is 2.23. The molecule has 0 aliphatic heterocycles. The molecule has 1 aromatic heterocycles. The third-order valence-corrected chi connectivity index (χ3v) is 2.96. The molecule has 0 unspecified atom stereocenters. The molecule has 0 spiro atoms. The zero-order chi connectivity index (χ0) is 14.5. The molecule has 0 fully saturated rings. The van der Waals surface area contributed by atoms with Gasteiger partial charge in [0.1, 0.15) is 5.69 Å². The number of amides is 1. The van der Waals surface area contributed by atoms with Gasteiger partial charge < -0.3 is 10.6 Å². The van der Waals surface area contributed by atoms with Gasteiger partial charge in [0.2, 0.25) is 0 Å². The lowest BCUT2D eigenvalue weighted by molar-refractivity contribution is 0.102. The highest BCUT2D eigenvalue weighted by Gasteiger charge is 2.10. The molecule has 0 radical (unpaired) electrons. The number of anilines is 2. The van der Waals surface area contributed by atoms with Crippen LogP contribution in [0.1, 0.15) is 16.1 Å². The summed E-state index contributed by atoms with van der Waals surface area (Å²) in [6, 6.07) is 9.99. The smallest absolute Gasteiger partial charge is 0.274 e. The van der Waals surface area contributed by atoms with Crippen molar-refractivity contribution < 1.29 is 4.79 Å². The highest BCUT2D eigenvalue weighted by molar-refractivity contribution is 6.34. The van der Waals surface area contributed by atoms with E-state index >= 15 is 0 Å². The van der Waals surface area contributed by atoms with Gasteiger partial charge in [-0.1, -0.05) is 11.6 Å². The van der Waals surface area contributed by atoms with Crippen molar-refractivity contribution in [1.29, 1.82) is 5.26 Å². The summed E-state index contributed by atoms with van der Waals surface area (Å²) < 4.78 is 0. The quantitative estimate of drug-likeness (QED) is 0.909. The Hall–Kier alpha value is -2.58. The Morgan fingerprint density at radius 2 is 2.15 bits per heavy atom. The highest BCUT2D eigenvalue weighted by atomic mass is 35.5. The summed E-state index contributed by atoms with van der Waals surface area (Å²) in [6.45, 7) is 0. The van der Waals surface area contributed by atoms with Crippen molar-refractivity contribution in [1.82, 2.24) is 4.98 Å². The molecule has 1 heterocycles. The maximum atomic E-state index is 12.0. The van der Waals surface area contributed by atoms with Crippen molar-refractivity contribution in [2.45, 2.75) is 0 Å². The van der Waals surface area contributed by atoms with E-state index in [0.717, 1.165) is 5.69 Å². The Balaban J connectivity index is 2.20. The molecular weight excluding hydrogens is 276 g/mol. The summed E-state index contributed by atoms with van der Waals surface area (Å²) in [6.07, 6.45) is 1.56. The molecule has 0 saturated heterocycles. The van der Waals surface area contributed by atoms with Gasteiger partial charge in [-0.15, -0.1) is 0 Å². The summed E-state index contributed by atoms with van der Waals surface area (Å²) in [5.74, 6) is -0.385. The van der Waals surface area contributed by atoms with Crippen molar-refractivity contribution in [3.05, 3.63) is 52.8 Å². The number of hydrogen-bond acceptors (Lipinski definition) is 4. The van der Waals surface area contributed by atoms with Crippen LogP contribution in [0.2, 0.25) is 5.02 Å². The molecule has 20 heavy (non-hydrogen) atoms. The molecule has 2 rings (SSSR count). The van der Waals surface area contributed by atoms with Crippen LogP contribution < -0.4 is 10.6 Å². The summed E-state index contributed by atoms with van der Waals surface area (Å²) >= 11 is 5.98. The van der Waals surface area contributed by atoms with Crippen molar-refractivity contribution in [2.24, 2.45) is 0 Å². The van der Waals surface area contributed by atoms with E-state index in [1.807, 2.05) is 6.07 Å². The van der Waals surface area contributed by atoms with Crippen LogP contribution in [0, 0.1) is 11.3 Å². The van der Waals surface area contributed by atoms with Crippen LogP contribution in [0.15, 0.2) is 36.5 Å². The zero-order valence-electron chi connectivity index (χ0n) is 10.6. The van der Waals surface area contributed by atoms with Gasteiger partial charge in [-0.05, 0) is 30.3 Å². The number of rotatable bonds is 3. The van der Waals surface area contributed by atoms with Gasteiger partial charge in [-0.25, -0.2) is 4.98 Å². The second-order valence-corrected chi connectivity index (χ2v) is 4.35. The van der Waals surface area contributed by atoms with Gasteiger partial charge in [-0.3, -0.25) is 4.79 Å². The van der Waals surface area contributed by atoms with E-state index in [-0.39, 0.29) is 11.6 Å². The molecule has 1 aromatic carbocycles. The molecule has 5 nitrogen and oxygen atoms in total. The Morgan fingerprint density at radius 1 is 1.35 bits per heavy atom. The fraction of sp³-hybridized carbons (Fsp3) is 0.0714. The second-order valence-electron chi connectivity index (χ2n) is 3.94. The maximum absolute atomic E-state index is 12.0. The van der Waals surface area contributed by atoms with Crippen LogP contribution in [0.3, 0.4) is 0 Å². The van der Waals surface area contributed by atoms with E-state index in [1.54, 1.807) is 37.5 Å². The number of carbonyl (C=O) groups excluding carboxylic acids is 1. The predicted octanol–water partition coefficient (Wildman–Crippen LogP) is 2.90. The number of aromatic nitrogens is 1. The van der Waals surface area contributed by atoms with Crippen LogP contribution in [-0.2, 0) is 0 Å². The minimum atomic E-state index is -0.385. The van der Waals surface area contributed by atoms with Crippen molar-refractivity contribution in [2.75, 3.05) is 17.7 Å². The van der Waals surface area contributed by atoms with Gasteiger partial charge in [0, 0.05) is 7.05 Å². The molecule has 6 heteroatoms. The number of benzene rings is 1. The first-order chi connectivity index (χ1) is 9.63. The predicted molar refractivity (Wildman–Crippen MR) is 77.9 cm³/mol. The van der Waals surface area contributed by atoms with E-state index in [9.17, 15) is 4.79 Å². The first-order valence-electron chi connectivity index (χ1n) is 5.79. The van der Waals surface area contributed by atoms with Crippen molar-refractivity contribution >= 4 is 28.9 Å². The van der Waals surface area contributed by atoms with E-state index in [1.165, 1.54) is 6.07 Å². The average Bonchev–Trinajstić information content (AvgIpc) is 2.49. The fourth-order valence-electron chi connectivity index (χ4n) is 1.55. The molecule has 2 N–H and O–H groups in total. The van der Waals surface area contributed by atoms with Gasteiger partial charge in [0.05, 0.1) is 34.2 Å². The number of hydrogen-bond donors (Lipinski definition) is 2. The monoisotopic (exact) mass is 286 g/mol. The Bertz CT molecular complexity index is 677. The standard InChI is InChI=1S/C14H11ClN4O/c1-17-10-3-5-12(18-8-10)14(20)19-13-6-9(7-16)2-4-11(13)15/h2-6,8,17H,1H3,(H,19,20). The topological polar surface area (TPSA) is 77.8 Å². The Morgan fingerprint density at radius 3 is 2.75 bits per heavy atom. The fourth-order valence-corrected chi connectivity index (χ4v) is 1.72. The molecule has 2 aromatic rings. The molecule has 100 valence electrons. The first-order valence-corrected chi connectivity index (χ1v) is 6.16. The van der Waals surface area contributed by atoms with Crippen LogP contribution in [0.25, 0.3) is 0 Å². The van der Waals surface area contributed by atoms with Gasteiger partial charge >= 0.3 is 0 Å². The van der Waals surface area contributed by atoms with Gasteiger partial charge in [0.15, 0.2) is 0 Å². The third kappa shape index (κ3) is 3.05. The minimum absolute atomic E-state index is 0.266. The second kappa shape index (κ2) is 6.04. The summed E-state index contributed by atoms with van der Waals surface area (Å²) in [4.78, 5) is 16.1. The Labute approximate surface area is 121 Å².